The van der Waals surface area contributed by atoms with Crippen molar-refractivity contribution in [2.45, 2.75) is 12.7 Å². The Balaban J connectivity index is 2.30. The zero-order valence-electron chi connectivity index (χ0n) is 10.9. The molecule has 0 radical (unpaired) electrons. The van der Waals surface area contributed by atoms with E-state index in [0.717, 1.165) is 6.07 Å². The van der Waals surface area contributed by atoms with E-state index in [1.807, 2.05) is 0 Å². The van der Waals surface area contributed by atoms with Gasteiger partial charge in [-0.25, -0.2) is 0 Å². The normalized spacial score (nSPS) is 11.2. The second kappa shape index (κ2) is 5.82. The number of alkyl halides is 3. The van der Waals surface area contributed by atoms with Crippen molar-refractivity contribution in [3.63, 3.8) is 0 Å². The summed E-state index contributed by atoms with van der Waals surface area (Å²) in [6, 6.07) is 8.62. The maximum atomic E-state index is 12.9. The topological polar surface area (TPSA) is 40.2 Å². The van der Waals surface area contributed by atoms with E-state index in [2.05, 4.69) is 15.9 Å². The third-order valence-electron chi connectivity index (χ3n) is 2.89. The Bertz CT molecular complexity index is 688. The maximum absolute atomic E-state index is 12.9. The summed E-state index contributed by atoms with van der Waals surface area (Å²) >= 11 is 3.16. The number of rotatable bonds is 3. The van der Waals surface area contributed by atoms with Gasteiger partial charge in [0, 0.05) is 12.7 Å². The van der Waals surface area contributed by atoms with Crippen molar-refractivity contribution in [3.8, 4) is 6.07 Å². The van der Waals surface area contributed by atoms with Crippen molar-refractivity contribution >= 4 is 21.6 Å². The van der Waals surface area contributed by atoms with Crippen LogP contribution in [0.3, 0.4) is 0 Å². The van der Waals surface area contributed by atoms with Crippen LogP contribution in [0.2, 0.25) is 0 Å². The molecule has 21 heavy (non-hydrogen) atoms. The minimum atomic E-state index is -4.56. The lowest BCUT2D eigenvalue weighted by molar-refractivity contribution is -0.137. The van der Waals surface area contributed by atoms with Crippen LogP contribution in [0.25, 0.3) is 0 Å². The lowest BCUT2D eigenvalue weighted by Crippen LogP contribution is -2.17. The first kappa shape index (κ1) is 15.4. The predicted molar refractivity (Wildman–Crippen MR) is 74.7 cm³/mol. The highest BCUT2D eigenvalue weighted by Crippen LogP contribution is 2.34. The molecule has 0 aliphatic rings. The summed E-state index contributed by atoms with van der Waals surface area (Å²) in [7, 11) is 1.65. The van der Waals surface area contributed by atoms with Crippen LogP contribution in [0, 0.1) is 11.3 Å². The van der Waals surface area contributed by atoms with Gasteiger partial charge in [0.2, 0.25) is 0 Å². The maximum Gasteiger partial charge on any atom is 0.417 e. The summed E-state index contributed by atoms with van der Waals surface area (Å²) in [5.74, 6) is 0.613. The fourth-order valence-corrected chi connectivity index (χ4v) is 2.20. The predicted octanol–water partition coefficient (Wildman–Crippen LogP) is 4.57. The van der Waals surface area contributed by atoms with Crippen LogP contribution in [-0.4, -0.2) is 7.05 Å². The molecule has 1 heterocycles. The molecule has 0 fully saturated rings. The Kier molecular flexibility index (Phi) is 4.28. The van der Waals surface area contributed by atoms with E-state index in [9.17, 15) is 13.2 Å². The van der Waals surface area contributed by atoms with Gasteiger partial charge in [0.1, 0.15) is 5.76 Å². The molecule has 0 aliphatic carbocycles. The highest BCUT2D eigenvalue weighted by Gasteiger charge is 2.34. The number of nitrogens with zero attached hydrogens (tertiary/aromatic N) is 2. The number of benzene rings is 1. The second-order valence-corrected chi connectivity index (χ2v) is 5.18. The lowest BCUT2D eigenvalue weighted by atomic mass is 10.1. The zero-order chi connectivity index (χ0) is 15.6. The van der Waals surface area contributed by atoms with Gasteiger partial charge in [0.25, 0.3) is 0 Å². The number of hydrogen-bond acceptors (Lipinski definition) is 3. The van der Waals surface area contributed by atoms with Crippen molar-refractivity contribution in [2.75, 3.05) is 11.9 Å². The van der Waals surface area contributed by atoms with E-state index in [-0.39, 0.29) is 5.56 Å². The lowest BCUT2D eigenvalue weighted by Gasteiger charge is -2.20. The molecule has 0 N–H and O–H groups in total. The van der Waals surface area contributed by atoms with Crippen LogP contribution >= 0.6 is 15.9 Å². The van der Waals surface area contributed by atoms with Crippen molar-refractivity contribution in [1.82, 2.24) is 0 Å². The number of nitriles is 1. The highest BCUT2D eigenvalue weighted by atomic mass is 79.9. The Labute approximate surface area is 127 Å². The summed E-state index contributed by atoms with van der Waals surface area (Å²) in [6.07, 6.45) is -4.56. The Morgan fingerprint density at radius 2 is 2.00 bits per heavy atom. The summed E-state index contributed by atoms with van der Waals surface area (Å²) in [5, 5.41) is 8.77. The number of anilines is 1. The van der Waals surface area contributed by atoms with E-state index in [1.54, 1.807) is 30.1 Å². The first-order valence-electron chi connectivity index (χ1n) is 5.88. The molecule has 0 saturated carbocycles. The molecule has 2 rings (SSSR count). The van der Waals surface area contributed by atoms with E-state index in [1.165, 1.54) is 12.1 Å². The zero-order valence-corrected chi connectivity index (χ0v) is 12.5. The molecule has 0 saturated heterocycles. The van der Waals surface area contributed by atoms with E-state index in [4.69, 9.17) is 9.68 Å². The molecule has 1 aromatic carbocycles. The molecule has 7 heteroatoms. The van der Waals surface area contributed by atoms with E-state index < -0.39 is 11.7 Å². The largest absolute Gasteiger partial charge is 0.452 e. The molecule has 0 unspecified atom stereocenters. The van der Waals surface area contributed by atoms with Crippen LogP contribution in [0.15, 0.2) is 39.4 Å². The van der Waals surface area contributed by atoms with Crippen LogP contribution in [0.4, 0.5) is 18.9 Å². The first-order chi connectivity index (χ1) is 9.81. The molecular weight excluding hydrogens is 349 g/mol. The average molecular weight is 359 g/mol. The molecule has 0 bridgehead atoms. The van der Waals surface area contributed by atoms with Crippen molar-refractivity contribution in [1.29, 1.82) is 5.26 Å². The smallest absolute Gasteiger partial charge is 0.417 e. The van der Waals surface area contributed by atoms with Crippen LogP contribution < -0.4 is 4.90 Å². The van der Waals surface area contributed by atoms with Gasteiger partial charge in [-0.2, -0.15) is 18.4 Å². The van der Waals surface area contributed by atoms with E-state index in [0.29, 0.717) is 22.7 Å². The molecule has 1 aromatic heterocycles. The van der Waals surface area contributed by atoms with Gasteiger partial charge in [0.05, 0.1) is 23.7 Å². The molecule has 0 amide bonds. The molecule has 3 nitrogen and oxygen atoms in total. The van der Waals surface area contributed by atoms with Crippen LogP contribution in [-0.2, 0) is 12.7 Å². The molecule has 0 aliphatic heterocycles. The van der Waals surface area contributed by atoms with Gasteiger partial charge < -0.3 is 9.32 Å². The molecule has 110 valence electrons. The fourth-order valence-electron chi connectivity index (χ4n) is 1.86. The standard InChI is InChI=1S/C14H10BrF3N2O/c1-20(8-11-4-5-13(15)21-11)10-3-2-9(7-19)12(6-10)14(16,17)18/h2-6H,8H2,1H3. The first-order valence-corrected chi connectivity index (χ1v) is 6.67. The fraction of sp³-hybridized carbons (Fsp3) is 0.214. The Hall–Kier alpha value is -1.94. The SMILES string of the molecule is CN(Cc1ccc(Br)o1)c1ccc(C#N)c(C(F)(F)F)c1. The molecular formula is C14H10BrF3N2O. The minimum Gasteiger partial charge on any atom is -0.452 e. The second-order valence-electron chi connectivity index (χ2n) is 4.40. The summed E-state index contributed by atoms with van der Waals surface area (Å²) in [6.45, 7) is 0.314. The number of halogens is 4. The van der Waals surface area contributed by atoms with Gasteiger partial charge >= 0.3 is 6.18 Å². The molecule has 0 spiro atoms. The summed E-state index contributed by atoms with van der Waals surface area (Å²) in [5.41, 5.74) is -0.968. The molecule has 2 aromatic rings. The number of hydrogen-bond donors (Lipinski definition) is 0. The van der Waals surface area contributed by atoms with Crippen LogP contribution in [0.5, 0.6) is 0 Å². The summed E-state index contributed by atoms with van der Waals surface area (Å²) in [4.78, 5) is 1.61. The number of furan rings is 1. The Morgan fingerprint density at radius 1 is 1.29 bits per heavy atom. The van der Waals surface area contributed by atoms with Gasteiger partial charge in [-0.05, 0) is 46.3 Å². The van der Waals surface area contributed by atoms with Gasteiger partial charge in [-0.15, -0.1) is 0 Å². The quantitative estimate of drug-likeness (QED) is 0.806. The van der Waals surface area contributed by atoms with Gasteiger partial charge in [-0.1, -0.05) is 0 Å². The monoisotopic (exact) mass is 358 g/mol. The third kappa shape index (κ3) is 3.58. The minimum absolute atomic E-state index is 0.314. The summed E-state index contributed by atoms with van der Waals surface area (Å²) < 4.78 is 44.6. The van der Waals surface area contributed by atoms with Crippen molar-refractivity contribution < 1.29 is 17.6 Å². The van der Waals surface area contributed by atoms with Crippen molar-refractivity contribution in [2.24, 2.45) is 0 Å². The third-order valence-corrected chi connectivity index (χ3v) is 3.32. The van der Waals surface area contributed by atoms with Crippen molar-refractivity contribution in [3.05, 3.63) is 51.9 Å². The van der Waals surface area contributed by atoms with Gasteiger partial charge in [-0.3, -0.25) is 0 Å². The van der Waals surface area contributed by atoms with Crippen LogP contribution in [0.1, 0.15) is 16.9 Å². The molecule has 0 atom stereocenters. The Morgan fingerprint density at radius 3 is 2.52 bits per heavy atom. The highest BCUT2D eigenvalue weighted by molar-refractivity contribution is 9.10. The van der Waals surface area contributed by atoms with E-state index >= 15 is 0 Å². The average Bonchev–Trinajstić information content (AvgIpc) is 2.82. The van der Waals surface area contributed by atoms with Gasteiger partial charge in [0.15, 0.2) is 4.67 Å².